The molecule has 13 rings (SSSR count). The molecule has 0 atom stereocenters. The number of para-hydroxylation sites is 2. The number of rotatable bonds is 4. The fourth-order valence-electron chi connectivity index (χ4n) is 9.34. The van der Waals surface area contributed by atoms with E-state index in [2.05, 4.69) is 187 Å². The molecule has 0 saturated heterocycles. The summed E-state index contributed by atoms with van der Waals surface area (Å²) in [6, 6.07) is 68.7. The number of benzene rings is 10. The van der Waals surface area contributed by atoms with Gasteiger partial charge in [-0.05, 0) is 91.6 Å². The van der Waals surface area contributed by atoms with Gasteiger partial charge in [-0.25, -0.2) is 15.0 Å². The Kier molecular flexibility index (Phi) is 6.95. The van der Waals surface area contributed by atoms with E-state index in [1.165, 1.54) is 37.7 Å². The lowest BCUT2D eigenvalue weighted by molar-refractivity contribution is 0.669. The molecular weight excluding hydrogens is 733 g/mol. The van der Waals surface area contributed by atoms with Gasteiger partial charge in [0.15, 0.2) is 17.5 Å². The maximum Gasteiger partial charge on any atom is 0.166 e. The van der Waals surface area contributed by atoms with E-state index in [0.717, 1.165) is 71.5 Å². The Morgan fingerprint density at radius 1 is 0.333 bits per heavy atom. The maximum atomic E-state index is 6.61. The van der Waals surface area contributed by atoms with Crippen molar-refractivity contribution < 1.29 is 4.42 Å². The third kappa shape index (κ3) is 4.96. The normalized spacial score (nSPS) is 12.0. The van der Waals surface area contributed by atoms with Gasteiger partial charge < -0.3 is 8.98 Å². The summed E-state index contributed by atoms with van der Waals surface area (Å²) in [5, 5.41) is 13.8. The van der Waals surface area contributed by atoms with Crippen molar-refractivity contribution in [3.8, 4) is 39.9 Å². The molecule has 0 saturated carbocycles. The SMILES string of the molecule is c1ccc2cc(-c3nc(-c4ccc5c(ccc6ccccc65)c4)nc(-c4ccc5oc6ccccc6c5c4-n4c5ccccc5c5cc6ccccc6cc54)n3)ccc2c1. The van der Waals surface area contributed by atoms with Crippen molar-refractivity contribution >= 4 is 86.8 Å². The zero-order valence-corrected chi connectivity index (χ0v) is 32.2. The molecule has 0 bridgehead atoms. The fourth-order valence-corrected chi connectivity index (χ4v) is 9.34. The largest absolute Gasteiger partial charge is 0.456 e. The second kappa shape index (κ2) is 12.7. The number of aromatic nitrogens is 4. The van der Waals surface area contributed by atoms with Crippen molar-refractivity contribution in [2.45, 2.75) is 0 Å². The number of hydrogen-bond donors (Lipinski definition) is 0. The molecule has 0 aliphatic heterocycles. The van der Waals surface area contributed by atoms with Gasteiger partial charge in [-0.1, -0.05) is 146 Å². The molecule has 13 aromatic rings. The van der Waals surface area contributed by atoms with Crippen LogP contribution in [0.1, 0.15) is 0 Å². The molecule has 0 amide bonds. The minimum Gasteiger partial charge on any atom is -0.456 e. The number of fused-ring (bicyclic) bond motifs is 11. The van der Waals surface area contributed by atoms with Gasteiger partial charge in [0.25, 0.3) is 0 Å². The molecule has 0 N–H and O–H groups in total. The van der Waals surface area contributed by atoms with Crippen molar-refractivity contribution in [1.82, 2.24) is 19.5 Å². The molecule has 10 aromatic carbocycles. The highest BCUT2D eigenvalue weighted by atomic mass is 16.3. The lowest BCUT2D eigenvalue weighted by Gasteiger charge is -2.16. The Bertz CT molecular complexity index is 3910. The lowest BCUT2D eigenvalue weighted by atomic mass is 10.00. The van der Waals surface area contributed by atoms with Crippen molar-refractivity contribution in [3.05, 3.63) is 194 Å². The van der Waals surface area contributed by atoms with Crippen LogP contribution in [0.3, 0.4) is 0 Å². The standard InChI is InChI=1S/C55H32N4O/c1-2-13-35-29-39(24-21-33(35)11-1)53-56-54(40-25-26-42-38(30-40)23-22-34-12-5-6-16-41(34)42)58-55(57-53)45-27-28-50-51(44-18-8-10-20-49(44)60-50)52(45)59-47-19-9-7-17-43(47)46-31-36-14-3-4-15-37(36)32-48(46)59/h1-32H. The van der Waals surface area contributed by atoms with E-state index >= 15 is 0 Å². The van der Waals surface area contributed by atoms with E-state index in [9.17, 15) is 0 Å². The van der Waals surface area contributed by atoms with Crippen LogP contribution in [0.5, 0.6) is 0 Å². The minimum absolute atomic E-state index is 0.579. The molecule has 0 aliphatic rings. The van der Waals surface area contributed by atoms with Crippen LogP contribution in [-0.4, -0.2) is 19.5 Å². The molecule has 60 heavy (non-hydrogen) atoms. The smallest absolute Gasteiger partial charge is 0.166 e. The van der Waals surface area contributed by atoms with Crippen molar-refractivity contribution in [3.63, 3.8) is 0 Å². The summed E-state index contributed by atoms with van der Waals surface area (Å²) >= 11 is 0. The Balaban J connectivity index is 1.14. The molecule has 0 spiro atoms. The average Bonchev–Trinajstić information content (AvgIpc) is 3.85. The Hall–Kier alpha value is -8.15. The molecule has 3 heterocycles. The summed E-state index contributed by atoms with van der Waals surface area (Å²) in [5.74, 6) is 1.79. The first-order valence-electron chi connectivity index (χ1n) is 20.3. The van der Waals surface area contributed by atoms with E-state index in [1.807, 2.05) is 12.1 Å². The molecule has 0 unspecified atom stereocenters. The third-order valence-corrected chi connectivity index (χ3v) is 12.2. The lowest BCUT2D eigenvalue weighted by Crippen LogP contribution is -2.04. The van der Waals surface area contributed by atoms with Gasteiger partial charge >= 0.3 is 0 Å². The Labute approximate surface area is 343 Å². The van der Waals surface area contributed by atoms with Gasteiger partial charge in [-0.3, -0.25) is 0 Å². The van der Waals surface area contributed by atoms with Crippen LogP contribution in [0.25, 0.3) is 127 Å². The monoisotopic (exact) mass is 764 g/mol. The summed E-state index contributed by atoms with van der Waals surface area (Å²) in [6.45, 7) is 0. The van der Waals surface area contributed by atoms with E-state index in [-0.39, 0.29) is 0 Å². The summed E-state index contributed by atoms with van der Waals surface area (Å²) in [7, 11) is 0. The first kappa shape index (κ1) is 32.9. The van der Waals surface area contributed by atoms with Gasteiger partial charge in [0.05, 0.1) is 22.1 Å². The predicted octanol–water partition coefficient (Wildman–Crippen LogP) is 14.5. The average molecular weight is 765 g/mol. The molecular formula is C55H32N4O. The number of furan rings is 1. The van der Waals surface area contributed by atoms with Crippen molar-refractivity contribution in [1.29, 1.82) is 0 Å². The van der Waals surface area contributed by atoms with Gasteiger partial charge in [-0.2, -0.15) is 0 Å². The second-order valence-electron chi connectivity index (χ2n) is 15.6. The highest BCUT2D eigenvalue weighted by Crippen LogP contribution is 2.44. The van der Waals surface area contributed by atoms with Crippen molar-refractivity contribution in [2.24, 2.45) is 0 Å². The van der Waals surface area contributed by atoms with E-state index in [0.29, 0.717) is 17.5 Å². The van der Waals surface area contributed by atoms with E-state index in [1.54, 1.807) is 0 Å². The highest BCUT2D eigenvalue weighted by Gasteiger charge is 2.24. The topological polar surface area (TPSA) is 56.7 Å². The van der Waals surface area contributed by atoms with Crippen LogP contribution in [0.15, 0.2) is 199 Å². The minimum atomic E-state index is 0.579. The zero-order valence-electron chi connectivity index (χ0n) is 32.2. The summed E-state index contributed by atoms with van der Waals surface area (Å²) in [4.78, 5) is 16.1. The fraction of sp³-hybridized carbons (Fsp3) is 0. The summed E-state index contributed by atoms with van der Waals surface area (Å²) in [6.07, 6.45) is 0. The van der Waals surface area contributed by atoms with Crippen LogP contribution in [0.4, 0.5) is 0 Å². The third-order valence-electron chi connectivity index (χ3n) is 12.2. The maximum absolute atomic E-state index is 6.61. The molecule has 278 valence electrons. The van der Waals surface area contributed by atoms with Gasteiger partial charge in [0, 0.05) is 32.8 Å². The first-order chi connectivity index (χ1) is 29.7. The van der Waals surface area contributed by atoms with Gasteiger partial charge in [0.1, 0.15) is 11.2 Å². The predicted molar refractivity (Wildman–Crippen MR) is 248 cm³/mol. The molecule has 0 fully saturated rings. The number of hydrogen-bond acceptors (Lipinski definition) is 4. The molecule has 5 nitrogen and oxygen atoms in total. The van der Waals surface area contributed by atoms with Gasteiger partial charge in [0.2, 0.25) is 0 Å². The summed E-state index contributed by atoms with van der Waals surface area (Å²) in [5.41, 5.74) is 7.50. The molecule has 0 radical (unpaired) electrons. The Morgan fingerprint density at radius 2 is 0.900 bits per heavy atom. The van der Waals surface area contributed by atoms with Crippen LogP contribution in [0.2, 0.25) is 0 Å². The van der Waals surface area contributed by atoms with Crippen LogP contribution < -0.4 is 0 Å². The second-order valence-corrected chi connectivity index (χ2v) is 15.6. The molecule has 5 heteroatoms. The molecule has 0 aliphatic carbocycles. The highest BCUT2D eigenvalue weighted by molar-refractivity contribution is 6.18. The van der Waals surface area contributed by atoms with Crippen LogP contribution in [-0.2, 0) is 0 Å². The summed E-state index contributed by atoms with van der Waals surface area (Å²) < 4.78 is 9.01. The van der Waals surface area contributed by atoms with E-state index < -0.39 is 0 Å². The van der Waals surface area contributed by atoms with Crippen LogP contribution in [0, 0.1) is 0 Å². The molecule has 3 aromatic heterocycles. The van der Waals surface area contributed by atoms with Crippen molar-refractivity contribution in [2.75, 3.05) is 0 Å². The first-order valence-corrected chi connectivity index (χ1v) is 20.3. The Morgan fingerprint density at radius 3 is 1.72 bits per heavy atom. The number of nitrogens with zero attached hydrogens (tertiary/aromatic N) is 4. The quantitative estimate of drug-likeness (QED) is 0.167. The van der Waals surface area contributed by atoms with Crippen LogP contribution >= 0.6 is 0 Å². The van der Waals surface area contributed by atoms with Gasteiger partial charge in [-0.15, -0.1) is 0 Å². The zero-order chi connectivity index (χ0) is 39.3. The van der Waals surface area contributed by atoms with E-state index in [4.69, 9.17) is 19.4 Å².